The van der Waals surface area contributed by atoms with Crippen LogP contribution in [0.5, 0.6) is 0 Å². The molecule has 1 aromatic rings. The van der Waals surface area contributed by atoms with Crippen molar-refractivity contribution in [3.8, 4) is 0 Å². The van der Waals surface area contributed by atoms with E-state index in [0.29, 0.717) is 5.69 Å². The molecule has 15 heavy (non-hydrogen) atoms. The van der Waals surface area contributed by atoms with Gasteiger partial charge >= 0.3 is 12.1 Å². The van der Waals surface area contributed by atoms with E-state index in [1.165, 1.54) is 13.8 Å². The fourth-order valence-electron chi connectivity index (χ4n) is 1.47. The first kappa shape index (κ1) is 11.6. The smallest absolute Gasteiger partial charge is 0.418 e. The van der Waals surface area contributed by atoms with Crippen molar-refractivity contribution < 1.29 is 23.1 Å². The third-order valence-corrected chi connectivity index (χ3v) is 2.17. The number of aromatic nitrogens is 1. The number of carbonyl (C=O) groups is 1. The molecule has 0 fully saturated rings. The van der Waals surface area contributed by atoms with Crippen LogP contribution in [-0.4, -0.2) is 15.6 Å². The maximum absolute atomic E-state index is 12.4. The van der Waals surface area contributed by atoms with Gasteiger partial charge in [0.25, 0.3) is 0 Å². The van der Waals surface area contributed by atoms with Crippen LogP contribution >= 0.6 is 0 Å². The van der Waals surface area contributed by atoms with Crippen molar-refractivity contribution in [2.45, 2.75) is 26.6 Å². The second-order valence-corrected chi connectivity index (χ2v) is 3.26. The maximum Gasteiger partial charge on any atom is 0.418 e. The quantitative estimate of drug-likeness (QED) is 0.831. The number of halogens is 3. The first-order valence-corrected chi connectivity index (χ1v) is 4.19. The van der Waals surface area contributed by atoms with Gasteiger partial charge in [0, 0.05) is 11.4 Å². The van der Waals surface area contributed by atoms with Gasteiger partial charge in [-0.2, -0.15) is 13.2 Å². The molecular formula is C9H10F3NO2. The molecule has 0 amide bonds. The van der Waals surface area contributed by atoms with E-state index < -0.39 is 24.3 Å². The Morgan fingerprint density at radius 2 is 2.00 bits per heavy atom. The van der Waals surface area contributed by atoms with E-state index in [-0.39, 0.29) is 5.69 Å². The molecule has 0 aliphatic carbocycles. The molecule has 0 aromatic carbocycles. The van der Waals surface area contributed by atoms with Gasteiger partial charge < -0.3 is 9.67 Å². The Hall–Kier alpha value is -1.46. The lowest BCUT2D eigenvalue weighted by atomic mass is 10.2. The highest BCUT2D eigenvalue weighted by molar-refractivity contribution is 5.67. The van der Waals surface area contributed by atoms with E-state index in [2.05, 4.69) is 0 Å². The standard InChI is InChI=1S/C9H10F3NO2/c1-5-3-7(9(10,11)12)6(2)13(5)4-8(14)15/h3H,4H2,1-2H3,(H,14,15). The number of carboxylic acid groups (broad SMARTS) is 1. The number of nitrogens with zero attached hydrogens (tertiary/aromatic N) is 1. The molecule has 0 spiro atoms. The van der Waals surface area contributed by atoms with Crippen LogP contribution in [0.15, 0.2) is 6.07 Å². The molecule has 0 saturated heterocycles. The summed E-state index contributed by atoms with van der Waals surface area (Å²) >= 11 is 0. The average Bonchev–Trinajstić information content (AvgIpc) is 2.30. The zero-order valence-corrected chi connectivity index (χ0v) is 8.22. The second-order valence-electron chi connectivity index (χ2n) is 3.26. The lowest BCUT2D eigenvalue weighted by Crippen LogP contribution is -2.13. The molecule has 0 bridgehead atoms. The van der Waals surface area contributed by atoms with Crippen molar-refractivity contribution in [3.05, 3.63) is 23.0 Å². The van der Waals surface area contributed by atoms with Gasteiger partial charge in [0.1, 0.15) is 6.54 Å². The van der Waals surface area contributed by atoms with Crippen molar-refractivity contribution in [1.82, 2.24) is 4.57 Å². The SMILES string of the molecule is Cc1cc(C(F)(F)F)c(C)n1CC(=O)O. The van der Waals surface area contributed by atoms with Gasteiger partial charge in [-0.1, -0.05) is 0 Å². The summed E-state index contributed by atoms with van der Waals surface area (Å²) < 4.78 is 38.4. The van der Waals surface area contributed by atoms with Crippen molar-refractivity contribution in [2.24, 2.45) is 0 Å². The molecule has 0 saturated carbocycles. The van der Waals surface area contributed by atoms with Gasteiger partial charge in [0.15, 0.2) is 0 Å². The first-order chi connectivity index (χ1) is 6.73. The van der Waals surface area contributed by atoms with E-state index in [9.17, 15) is 18.0 Å². The molecule has 1 heterocycles. The largest absolute Gasteiger partial charge is 0.480 e. The minimum Gasteiger partial charge on any atom is -0.480 e. The summed E-state index contributed by atoms with van der Waals surface area (Å²) in [6, 6.07) is 0.957. The second kappa shape index (κ2) is 3.60. The third-order valence-electron chi connectivity index (χ3n) is 2.17. The highest BCUT2D eigenvalue weighted by Gasteiger charge is 2.34. The number of carboxylic acids is 1. The van der Waals surface area contributed by atoms with Crippen molar-refractivity contribution in [2.75, 3.05) is 0 Å². The zero-order chi connectivity index (χ0) is 11.8. The lowest BCUT2D eigenvalue weighted by Gasteiger charge is -2.08. The Kier molecular flexibility index (Phi) is 2.79. The number of aliphatic carboxylic acids is 1. The molecule has 0 atom stereocenters. The van der Waals surface area contributed by atoms with Gasteiger partial charge in [-0.15, -0.1) is 0 Å². The summed E-state index contributed by atoms with van der Waals surface area (Å²) in [6.45, 7) is 2.26. The van der Waals surface area contributed by atoms with Crippen LogP contribution in [0.25, 0.3) is 0 Å². The molecule has 84 valence electrons. The van der Waals surface area contributed by atoms with Crippen LogP contribution in [0.1, 0.15) is 17.0 Å². The summed E-state index contributed by atoms with van der Waals surface area (Å²) in [5, 5.41) is 8.53. The molecule has 6 heteroatoms. The van der Waals surface area contributed by atoms with Gasteiger partial charge in [-0.3, -0.25) is 4.79 Å². The lowest BCUT2D eigenvalue weighted by molar-refractivity contribution is -0.140. The number of aryl methyl sites for hydroxylation is 1. The van der Waals surface area contributed by atoms with Crippen molar-refractivity contribution >= 4 is 5.97 Å². The zero-order valence-electron chi connectivity index (χ0n) is 8.22. The number of alkyl halides is 3. The molecule has 0 radical (unpaired) electrons. The van der Waals surface area contributed by atoms with Gasteiger partial charge in [0.05, 0.1) is 5.56 Å². The summed E-state index contributed by atoms with van der Waals surface area (Å²) in [5.41, 5.74) is -0.550. The van der Waals surface area contributed by atoms with E-state index in [1.807, 2.05) is 0 Å². The van der Waals surface area contributed by atoms with Crippen molar-refractivity contribution in [3.63, 3.8) is 0 Å². The molecule has 1 N–H and O–H groups in total. The van der Waals surface area contributed by atoms with Crippen LogP contribution in [0.3, 0.4) is 0 Å². The summed E-state index contributed by atoms with van der Waals surface area (Å²) in [5.74, 6) is -1.16. The molecule has 1 aromatic heterocycles. The minimum absolute atomic E-state index is 0.0672. The normalized spacial score (nSPS) is 11.8. The third kappa shape index (κ3) is 2.31. The summed E-state index contributed by atoms with van der Waals surface area (Å²) in [7, 11) is 0. The predicted octanol–water partition coefficient (Wildman–Crippen LogP) is 2.21. The Labute approximate surface area is 84.1 Å². The van der Waals surface area contributed by atoms with Gasteiger partial charge in [-0.05, 0) is 19.9 Å². The molecule has 0 unspecified atom stereocenters. The highest BCUT2D eigenvalue weighted by Crippen LogP contribution is 2.33. The Bertz CT molecular complexity index is 393. The van der Waals surface area contributed by atoms with Crippen LogP contribution in [-0.2, 0) is 17.5 Å². The number of hydrogen-bond donors (Lipinski definition) is 1. The predicted molar refractivity (Wildman–Crippen MR) is 46.5 cm³/mol. The Morgan fingerprint density at radius 1 is 1.47 bits per heavy atom. The van der Waals surface area contributed by atoms with Crippen LogP contribution in [0.2, 0.25) is 0 Å². The van der Waals surface area contributed by atoms with Crippen molar-refractivity contribution in [1.29, 1.82) is 0 Å². The maximum atomic E-state index is 12.4. The molecule has 1 rings (SSSR count). The van der Waals surface area contributed by atoms with E-state index in [0.717, 1.165) is 10.6 Å². The summed E-state index contributed by atoms with van der Waals surface area (Å²) in [6.07, 6.45) is -4.43. The van der Waals surface area contributed by atoms with E-state index >= 15 is 0 Å². The molecule has 3 nitrogen and oxygen atoms in total. The fourth-order valence-corrected chi connectivity index (χ4v) is 1.47. The van der Waals surface area contributed by atoms with E-state index in [1.54, 1.807) is 0 Å². The fraction of sp³-hybridized carbons (Fsp3) is 0.444. The van der Waals surface area contributed by atoms with Crippen LogP contribution in [0, 0.1) is 13.8 Å². The summed E-state index contributed by atoms with van der Waals surface area (Å²) in [4.78, 5) is 10.4. The number of rotatable bonds is 2. The monoisotopic (exact) mass is 221 g/mol. The molecule has 0 aliphatic heterocycles. The van der Waals surface area contributed by atoms with E-state index in [4.69, 9.17) is 5.11 Å². The number of hydrogen-bond acceptors (Lipinski definition) is 1. The van der Waals surface area contributed by atoms with Crippen LogP contribution < -0.4 is 0 Å². The average molecular weight is 221 g/mol. The van der Waals surface area contributed by atoms with Gasteiger partial charge in [-0.25, -0.2) is 0 Å². The topological polar surface area (TPSA) is 42.2 Å². The van der Waals surface area contributed by atoms with Crippen LogP contribution in [0.4, 0.5) is 13.2 Å². The molecular weight excluding hydrogens is 211 g/mol. The first-order valence-electron chi connectivity index (χ1n) is 4.19. The minimum atomic E-state index is -4.43. The highest BCUT2D eigenvalue weighted by atomic mass is 19.4. The Morgan fingerprint density at radius 3 is 2.33 bits per heavy atom. The Balaban J connectivity index is 3.21. The van der Waals surface area contributed by atoms with Gasteiger partial charge in [0.2, 0.25) is 0 Å². The molecule has 0 aliphatic rings.